The number of aliphatic carboxylic acids is 2. The lowest BCUT2D eigenvalue weighted by molar-refractivity contribution is -0.134. The van der Waals surface area contributed by atoms with Crippen LogP contribution < -0.4 is 22.9 Å². The van der Waals surface area contributed by atoms with E-state index in [9.17, 15) is 9.59 Å². The SMILES string of the molecule is N=C(N)N.N=C(N)N.O=C(O)/C=C/C(=O)O. The maximum Gasteiger partial charge on any atom is 0.328 e. The van der Waals surface area contributed by atoms with Gasteiger partial charge in [0.1, 0.15) is 0 Å². The van der Waals surface area contributed by atoms with Gasteiger partial charge in [-0.05, 0) is 0 Å². The minimum Gasteiger partial charge on any atom is -0.478 e. The highest BCUT2D eigenvalue weighted by molar-refractivity contribution is 5.89. The molecule has 0 bridgehead atoms. The van der Waals surface area contributed by atoms with E-state index >= 15 is 0 Å². The third-order valence-electron chi connectivity index (χ3n) is 0.368. The van der Waals surface area contributed by atoms with E-state index in [2.05, 4.69) is 22.9 Å². The van der Waals surface area contributed by atoms with E-state index in [-0.39, 0.29) is 11.9 Å². The molecular formula is C6H14N6O4. The smallest absolute Gasteiger partial charge is 0.328 e. The third kappa shape index (κ3) is 238. The molecule has 0 radical (unpaired) electrons. The Morgan fingerprint density at radius 3 is 1.00 bits per heavy atom. The first-order valence-corrected chi connectivity index (χ1v) is 3.42. The molecule has 0 fully saturated rings. The topological polar surface area (TPSA) is 226 Å². The summed E-state index contributed by atoms with van der Waals surface area (Å²) in [5, 5.41) is 27.7. The number of hydrogen-bond acceptors (Lipinski definition) is 4. The summed E-state index contributed by atoms with van der Waals surface area (Å²) in [5.41, 5.74) is 17.9. The van der Waals surface area contributed by atoms with Crippen molar-refractivity contribution >= 4 is 23.9 Å². The Balaban J connectivity index is -0.000000179. The normalized spacial score (nSPS) is 7.75. The highest BCUT2D eigenvalue weighted by atomic mass is 16.4. The van der Waals surface area contributed by atoms with Gasteiger partial charge >= 0.3 is 11.9 Å². The zero-order chi connectivity index (χ0) is 13.7. The molecule has 16 heavy (non-hydrogen) atoms. The molecule has 12 N–H and O–H groups in total. The zero-order valence-electron chi connectivity index (χ0n) is 8.18. The predicted molar refractivity (Wildman–Crippen MR) is 56.6 cm³/mol. The van der Waals surface area contributed by atoms with Crippen molar-refractivity contribution in [3.8, 4) is 0 Å². The highest BCUT2D eigenvalue weighted by Gasteiger charge is 1.88. The summed E-state index contributed by atoms with van der Waals surface area (Å²) in [5.74, 6) is -3.18. The molecule has 0 atom stereocenters. The second kappa shape index (κ2) is 12.2. The molecule has 0 aromatic heterocycles. The van der Waals surface area contributed by atoms with E-state index in [1.165, 1.54) is 0 Å². The van der Waals surface area contributed by atoms with Crippen molar-refractivity contribution in [2.45, 2.75) is 0 Å². The Morgan fingerprint density at radius 1 is 0.812 bits per heavy atom. The van der Waals surface area contributed by atoms with E-state index in [0.29, 0.717) is 12.2 Å². The van der Waals surface area contributed by atoms with E-state index in [1.807, 2.05) is 0 Å². The Labute approximate surface area is 90.5 Å². The summed E-state index contributed by atoms with van der Waals surface area (Å²) in [6, 6.07) is 0. The minimum atomic E-state index is -1.26. The summed E-state index contributed by atoms with van der Waals surface area (Å²) in [7, 11) is 0. The van der Waals surface area contributed by atoms with Gasteiger partial charge in [-0.2, -0.15) is 0 Å². The van der Waals surface area contributed by atoms with Crippen LogP contribution in [0.3, 0.4) is 0 Å². The molecule has 0 aliphatic carbocycles. The molecule has 0 spiro atoms. The van der Waals surface area contributed by atoms with Crippen LogP contribution in [-0.4, -0.2) is 34.1 Å². The number of carboxylic acids is 2. The van der Waals surface area contributed by atoms with Gasteiger partial charge in [-0.25, -0.2) is 9.59 Å². The third-order valence-corrected chi connectivity index (χ3v) is 0.368. The van der Waals surface area contributed by atoms with E-state index in [4.69, 9.17) is 21.0 Å². The van der Waals surface area contributed by atoms with Crippen LogP contribution in [0.2, 0.25) is 0 Å². The Morgan fingerprint density at radius 2 is 0.938 bits per heavy atom. The average molecular weight is 234 g/mol. The van der Waals surface area contributed by atoms with Crippen LogP contribution in [0.4, 0.5) is 0 Å². The molecular weight excluding hydrogens is 220 g/mol. The summed E-state index contributed by atoms with van der Waals surface area (Å²) in [6.07, 6.45) is 1.12. The van der Waals surface area contributed by atoms with Crippen molar-refractivity contribution in [2.24, 2.45) is 22.9 Å². The molecule has 0 saturated carbocycles. The van der Waals surface area contributed by atoms with Crippen LogP contribution in [0.5, 0.6) is 0 Å². The van der Waals surface area contributed by atoms with Gasteiger partial charge in [0.05, 0.1) is 0 Å². The van der Waals surface area contributed by atoms with Gasteiger partial charge in [-0.3, -0.25) is 10.8 Å². The molecule has 0 saturated heterocycles. The molecule has 0 aliphatic rings. The Bertz CT molecular complexity index is 251. The molecule has 0 aromatic carbocycles. The van der Waals surface area contributed by atoms with Crippen molar-refractivity contribution in [2.75, 3.05) is 0 Å². The standard InChI is InChI=1S/C4H4O4.2CH5N3/c5-3(6)1-2-4(7)8;2*2-1(3)4/h1-2H,(H,5,6)(H,7,8);2*(H5,2,3,4)/b2-1+;;. The lowest BCUT2D eigenvalue weighted by Gasteiger charge is -1.74. The number of rotatable bonds is 2. The summed E-state index contributed by atoms with van der Waals surface area (Å²) in [4.78, 5) is 19.1. The minimum absolute atomic E-state index is 0.333. The number of guanidine groups is 2. The van der Waals surface area contributed by atoms with Gasteiger partial charge < -0.3 is 33.1 Å². The van der Waals surface area contributed by atoms with Crippen LogP contribution in [0, 0.1) is 10.8 Å². The molecule has 0 amide bonds. The maximum atomic E-state index is 9.55. The first kappa shape index (κ1) is 18.9. The monoisotopic (exact) mass is 234 g/mol. The molecule has 92 valence electrons. The largest absolute Gasteiger partial charge is 0.478 e. The van der Waals surface area contributed by atoms with Gasteiger partial charge in [0, 0.05) is 12.2 Å². The zero-order valence-corrected chi connectivity index (χ0v) is 8.18. The molecule has 10 nitrogen and oxygen atoms in total. The average Bonchev–Trinajstić information content (AvgIpc) is 1.98. The summed E-state index contributed by atoms with van der Waals surface area (Å²) < 4.78 is 0. The quantitative estimate of drug-likeness (QED) is 0.143. The number of carboxylic acid groups (broad SMARTS) is 2. The Hall–Kier alpha value is -2.78. The van der Waals surface area contributed by atoms with Gasteiger partial charge in [-0.15, -0.1) is 0 Å². The fourth-order valence-electron chi connectivity index (χ4n) is 0.143. The first-order valence-electron chi connectivity index (χ1n) is 3.42. The number of hydrogen-bond donors (Lipinski definition) is 8. The molecule has 0 unspecified atom stereocenters. The van der Waals surface area contributed by atoms with Crippen molar-refractivity contribution in [1.82, 2.24) is 0 Å². The lowest BCUT2D eigenvalue weighted by atomic mass is 10.5. The molecule has 0 aromatic rings. The van der Waals surface area contributed by atoms with Crippen molar-refractivity contribution in [3.63, 3.8) is 0 Å². The highest BCUT2D eigenvalue weighted by Crippen LogP contribution is 1.70. The van der Waals surface area contributed by atoms with E-state index < -0.39 is 11.9 Å². The van der Waals surface area contributed by atoms with E-state index in [1.54, 1.807) is 0 Å². The van der Waals surface area contributed by atoms with Crippen molar-refractivity contribution < 1.29 is 19.8 Å². The van der Waals surface area contributed by atoms with Gasteiger partial charge in [0.25, 0.3) is 0 Å². The second-order valence-corrected chi connectivity index (χ2v) is 1.92. The van der Waals surface area contributed by atoms with Crippen molar-refractivity contribution in [3.05, 3.63) is 12.2 Å². The number of nitrogens with one attached hydrogen (secondary N) is 2. The number of carbonyl (C=O) groups is 2. The van der Waals surface area contributed by atoms with Crippen LogP contribution in [-0.2, 0) is 9.59 Å². The maximum absolute atomic E-state index is 9.55. The predicted octanol–water partition coefficient (Wildman–Crippen LogP) is -2.61. The second-order valence-electron chi connectivity index (χ2n) is 1.92. The van der Waals surface area contributed by atoms with Crippen LogP contribution in [0.25, 0.3) is 0 Å². The first-order chi connectivity index (χ1) is 7.09. The van der Waals surface area contributed by atoms with Crippen molar-refractivity contribution in [1.29, 1.82) is 10.8 Å². The van der Waals surface area contributed by atoms with E-state index in [0.717, 1.165) is 0 Å². The fourth-order valence-corrected chi connectivity index (χ4v) is 0.143. The molecule has 0 heterocycles. The molecule has 0 aliphatic heterocycles. The molecule has 10 heteroatoms. The van der Waals surface area contributed by atoms with Gasteiger partial charge in [0.2, 0.25) is 0 Å². The number of nitrogens with two attached hydrogens (primary N) is 4. The van der Waals surface area contributed by atoms with Gasteiger partial charge in [-0.1, -0.05) is 0 Å². The molecule has 0 rings (SSSR count). The Kier molecular flexibility index (Phi) is 14.4. The van der Waals surface area contributed by atoms with Crippen LogP contribution in [0.15, 0.2) is 12.2 Å². The van der Waals surface area contributed by atoms with Crippen LogP contribution >= 0.6 is 0 Å². The summed E-state index contributed by atoms with van der Waals surface area (Å²) >= 11 is 0. The van der Waals surface area contributed by atoms with Gasteiger partial charge in [0.15, 0.2) is 11.9 Å². The summed E-state index contributed by atoms with van der Waals surface area (Å²) in [6.45, 7) is 0. The fraction of sp³-hybridized carbons (Fsp3) is 0. The lowest BCUT2D eigenvalue weighted by Crippen LogP contribution is -2.20. The van der Waals surface area contributed by atoms with Crippen LogP contribution in [0.1, 0.15) is 0 Å².